The minimum absolute atomic E-state index is 0.0824. The Morgan fingerprint density at radius 1 is 1.00 bits per heavy atom. The standard InChI is InChI=1S/C24H28N4O/c29-23(18-9-3-1-4-10-18)28-24(27-20-11-5-2-6-12-20)25-16-15-19-17-26-22-14-8-7-13-21(19)22/h2,5-8,11-14,17-18,26H,1,3-4,9-10,15-16H2,(H2,25,27,28,29). The lowest BCUT2D eigenvalue weighted by Crippen LogP contribution is -2.40. The number of rotatable bonds is 5. The molecule has 0 atom stereocenters. The van der Waals surface area contributed by atoms with E-state index in [0.29, 0.717) is 12.5 Å². The monoisotopic (exact) mass is 388 g/mol. The van der Waals surface area contributed by atoms with Gasteiger partial charge >= 0.3 is 0 Å². The van der Waals surface area contributed by atoms with Crippen LogP contribution in [0.4, 0.5) is 5.69 Å². The van der Waals surface area contributed by atoms with Crippen LogP contribution in [0.5, 0.6) is 0 Å². The number of fused-ring (bicyclic) bond motifs is 1. The van der Waals surface area contributed by atoms with Crippen LogP contribution in [0, 0.1) is 5.92 Å². The molecule has 29 heavy (non-hydrogen) atoms. The Morgan fingerprint density at radius 2 is 1.76 bits per heavy atom. The average molecular weight is 389 g/mol. The molecule has 0 radical (unpaired) electrons. The van der Waals surface area contributed by atoms with Crippen molar-refractivity contribution >= 4 is 28.5 Å². The predicted octanol–water partition coefficient (Wildman–Crippen LogP) is 4.88. The Hall–Kier alpha value is -3.08. The Labute approximate surface area is 171 Å². The van der Waals surface area contributed by atoms with Crippen LogP contribution in [-0.2, 0) is 11.2 Å². The fourth-order valence-electron chi connectivity index (χ4n) is 3.98. The first-order valence-electron chi connectivity index (χ1n) is 10.5. The topological polar surface area (TPSA) is 69.3 Å². The number of aromatic amines is 1. The van der Waals surface area contributed by atoms with E-state index in [2.05, 4.69) is 33.8 Å². The van der Waals surface area contributed by atoms with E-state index >= 15 is 0 Å². The largest absolute Gasteiger partial charge is 0.361 e. The van der Waals surface area contributed by atoms with Crippen molar-refractivity contribution in [3.8, 4) is 0 Å². The van der Waals surface area contributed by atoms with Crippen molar-refractivity contribution in [2.75, 3.05) is 11.9 Å². The highest BCUT2D eigenvalue weighted by Crippen LogP contribution is 2.23. The fraction of sp³-hybridized carbons (Fsp3) is 0.333. The van der Waals surface area contributed by atoms with Crippen LogP contribution in [0.15, 0.2) is 65.8 Å². The molecular formula is C24H28N4O. The number of nitrogens with zero attached hydrogens (tertiary/aromatic N) is 1. The molecule has 1 amide bonds. The van der Waals surface area contributed by atoms with Crippen molar-refractivity contribution in [3.05, 3.63) is 66.4 Å². The zero-order valence-corrected chi connectivity index (χ0v) is 16.7. The van der Waals surface area contributed by atoms with E-state index in [1.54, 1.807) is 0 Å². The Morgan fingerprint density at radius 3 is 2.59 bits per heavy atom. The molecule has 2 aromatic carbocycles. The van der Waals surface area contributed by atoms with Crippen molar-refractivity contribution in [1.82, 2.24) is 10.3 Å². The van der Waals surface area contributed by atoms with Gasteiger partial charge < -0.3 is 10.3 Å². The lowest BCUT2D eigenvalue weighted by atomic mass is 9.89. The molecule has 1 heterocycles. The SMILES string of the molecule is O=C(NC(=NCCc1c[nH]c2ccccc12)Nc1ccccc1)C1CCCCC1. The molecule has 1 aliphatic carbocycles. The summed E-state index contributed by atoms with van der Waals surface area (Å²) in [7, 11) is 0. The molecule has 1 aliphatic rings. The van der Waals surface area contributed by atoms with Gasteiger partial charge in [-0.05, 0) is 43.0 Å². The second-order valence-corrected chi connectivity index (χ2v) is 7.66. The number of carbonyl (C=O) groups is 1. The smallest absolute Gasteiger partial charge is 0.229 e. The number of anilines is 1. The Balaban J connectivity index is 1.45. The van der Waals surface area contributed by atoms with E-state index in [-0.39, 0.29) is 11.8 Å². The van der Waals surface area contributed by atoms with E-state index in [0.717, 1.165) is 43.3 Å². The number of guanidine groups is 1. The van der Waals surface area contributed by atoms with Crippen LogP contribution in [0.1, 0.15) is 37.7 Å². The molecule has 5 heteroatoms. The summed E-state index contributed by atoms with van der Waals surface area (Å²) < 4.78 is 0. The molecular weight excluding hydrogens is 360 g/mol. The van der Waals surface area contributed by atoms with Gasteiger partial charge in [-0.3, -0.25) is 15.1 Å². The first-order chi connectivity index (χ1) is 14.3. The number of amides is 1. The molecule has 3 N–H and O–H groups in total. The third-order valence-corrected chi connectivity index (χ3v) is 5.58. The van der Waals surface area contributed by atoms with Crippen molar-refractivity contribution in [3.63, 3.8) is 0 Å². The van der Waals surface area contributed by atoms with E-state index in [9.17, 15) is 4.79 Å². The Kier molecular flexibility index (Phi) is 6.25. The molecule has 3 aromatic rings. The first kappa shape index (κ1) is 19.2. The van der Waals surface area contributed by atoms with E-state index in [4.69, 9.17) is 4.99 Å². The second kappa shape index (κ2) is 9.41. The predicted molar refractivity (Wildman–Crippen MR) is 119 cm³/mol. The lowest BCUT2D eigenvalue weighted by Gasteiger charge is -2.21. The Bertz CT molecular complexity index is 971. The number of aliphatic imine (C=N–C) groups is 1. The van der Waals surface area contributed by atoms with Gasteiger partial charge in [0, 0.05) is 35.2 Å². The van der Waals surface area contributed by atoms with Crippen LogP contribution in [-0.4, -0.2) is 23.4 Å². The third kappa shape index (κ3) is 5.05. The van der Waals surface area contributed by atoms with Gasteiger partial charge in [-0.1, -0.05) is 55.7 Å². The number of H-pyrrole nitrogens is 1. The summed E-state index contributed by atoms with van der Waals surface area (Å²) in [4.78, 5) is 20.7. The first-order valence-corrected chi connectivity index (χ1v) is 10.5. The van der Waals surface area contributed by atoms with Crippen molar-refractivity contribution in [1.29, 1.82) is 0 Å². The molecule has 4 rings (SSSR count). The molecule has 0 unspecified atom stereocenters. The highest BCUT2D eigenvalue weighted by Gasteiger charge is 2.22. The van der Waals surface area contributed by atoms with Gasteiger partial charge in [0.05, 0.1) is 0 Å². The van der Waals surface area contributed by atoms with Gasteiger partial charge in [0.2, 0.25) is 11.9 Å². The maximum Gasteiger partial charge on any atom is 0.229 e. The third-order valence-electron chi connectivity index (χ3n) is 5.58. The average Bonchev–Trinajstić information content (AvgIpc) is 3.18. The maximum atomic E-state index is 12.7. The van der Waals surface area contributed by atoms with Gasteiger partial charge in [0.1, 0.15) is 0 Å². The summed E-state index contributed by atoms with van der Waals surface area (Å²) in [5, 5.41) is 7.55. The number of hydrogen-bond donors (Lipinski definition) is 3. The van der Waals surface area contributed by atoms with Crippen LogP contribution in [0.2, 0.25) is 0 Å². The van der Waals surface area contributed by atoms with Crippen LogP contribution < -0.4 is 10.6 Å². The number of nitrogens with one attached hydrogen (secondary N) is 3. The minimum Gasteiger partial charge on any atom is -0.361 e. The van der Waals surface area contributed by atoms with Crippen LogP contribution in [0.25, 0.3) is 10.9 Å². The molecule has 150 valence electrons. The maximum absolute atomic E-state index is 12.7. The zero-order valence-electron chi connectivity index (χ0n) is 16.7. The van der Waals surface area contributed by atoms with Gasteiger partial charge in [-0.15, -0.1) is 0 Å². The number of aromatic nitrogens is 1. The minimum atomic E-state index is 0.0824. The molecule has 1 saturated carbocycles. The second-order valence-electron chi connectivity index (χ2n) is 7.66. The van der Waals surface area contributed by atoms with Gasteiger partial charge in [-0.25, -0.2) is 0 Å². The molecule has 0 aliphatic heterocycles. The molecule has 1 aromatic heterocycles. The number of para-hydroxylation sites is 2. The van der Waals surface area contributed by atoms with Gasteiger partial charge in [0.25, 0.3) is 0 Å². The van der Waals surface area contributed by atoms with E-state index in [1.165, 1.54) is 17.4 Å². The number of carbonyl (C=O) groups excluding carboxylic acids is 1. The number of benzene rings is 2. The molecule has 1 fully saturated rings. The summed E-state index contributed by atoms with van der Waals surface area (Å²) in [5.41, 5.74) is 3.30. The van der Waals surface area contributed by atoms with Crippen molar-refractivity contribution in [2.24, 2.45) is 10.9 Å². The van der Waals surface area contributed by atoms with Crippen LogP contribution >= 0.6 is 0 Å². The highest BCUT2D eigenvalue weighted by molar-refractivity contribution is 6.04. The quantitative estimate of drug-likeness (QED) is 0.431. The van der Waals surface area contributed by atoms with E-state index in [1.807, 2.05) is 42.6 Å². The zero-order chi connectivity index (χ0) is 19.9. The molecule has 0 bridgehead atoms. The molecule has 5 nitrogen and oxygen atoms in total. The van der Waals surface area contributed by atoms with Crippen LogP contribution in [0.3, 0.4) is 0 Å². The summed E-state index contributed by atoms with van der Waals surface area (Å²) in [5.74, 6) is 0.714. The molecule has 0 spiro atoms. The summed E-state index contributed by atoms with van der Waals surface area (Å²) in [6.45, 7) is 0.599. The summed E-state index contributed by atoms with van der Waals surface area (Å²) in [6, 6.07) is 18.1. The normalized spacial score (nSPS) is 15.4. The van der Waals surface area contributed by atoms with Gasteiger partial charge in [-0.2, -0.15) is 0 Å². The summed E-state index contributed by atoms with van der Waals surface area (Å²) in [6.07, 6.45) is 8.31. The van der Waals surface area contributed by atoms with Crippen molar-refractivity contribution < 1.29 is 4.79 Å². The molecule has 0 saturated heterocycles. The van der Waals surface area contributed by atoms with Gasteiger partial charge in [0.15, 0.2) is 0 Å². The fourth-order valence-corrected chi connectivity index (χ4v) is 3.98. The summed E-state index contributed by atoms with van der Waals surface area (Å²) >= 11 is 0. The van der Waals surface area contributed by atoms with Crippen molar-refractivity contribution in [2.45, 2.75) is 38.5 Å². The lowest BCUT2D eigenvalue weighted by molar-refractivity contribution is -0.124. The highest BCUT2D eigenvalue weighted by atomic mass is 16.2. The number of hydrogen-bond acceptors (Lipinski definition) is 2. The van der Waals surface area contributed by atoms with E-state index < -0.39 is 0 Å².